The van der Waals surface area contributed by atoms with Crippen LogP contribution < -0.4 is 10.5 Å². The van der Waals surface area contributed by atoms with Crippen LogP contribution in [0.3, 0.4) is 0 Å². The quantitative estimate of drug-likeness (QED) is 0.704. The van der Waals surface area contributed by atoms with Crippen LogP contribution in [0.4, 0.5) is 10.3 Å². The van der Waals surface area contributed by atoms with E-state index in [1.807, 2.05) is 0 Å². The van der Waals surface area contributed by atoms with E-state index in [-0.39, 0.29) is 24.1 Å². The first-order valence-electron chi connectivity index (χ1n) is 9.23. The molecule has 2 aliphatic rings. The number of nitrogen functional groups attached to an aromatic ring is 1. The summed E-state index contributed by atoms with van der Waals surface area (Å²) in [6.07, 6.45) is -2.20. The summed E-state index contributed by atoms with van der Waals surface area (Å²) in [5, 5.41) is 0. The van der Waals surface area contributed by atoms with Crippen LogP contribution in [-0.2, 0) is 22.9 Å². The van der Waals surface area contributed by atoms with Gasteiger partial charge in [-0.3, -0.25) is 18.1 Å². The minimum absolute atomic E-state index is 0.0481. The predicted octanol–water partition coefficient (Wildman–Crippen LogP) is 2.38. The highest BCUT2D eigenvalue weighted by molar-refractivity contribution is 7.48. The fourth-order valence-electron chi connectivity index (χ4n) is 3.47. The summed E-state index contributed by atoms with van der Waals surface area (Å²) in [4.78, 5) is 12.4. The van der Waals surface area contributed by atoms with E-state index >= 15 is 4.39 Å². The van der Waals surface area contributed by atoms with Crippen LogP contribution in [-0.4, -0.2) is 56.7 Å². The minimum atomic E-state index is -3.91. The second kappa shape index (κ2) is 7.13. The Kier molecular flexibility index (Phi) is 5.02. The largest absolute Gasteiger partial charge is 0.476 e. The molecule has 2 aromatic rings. The van der Waals surface area contributed by atoms with Crippen molar-refractivity contribution in [1.29, 1.82) is 0 Å². The van der Waals surface area contributed by atoms with Gasteiger partial charge in [0.15, 0.2) is 23.1 Å². The highest BCUT2D eigenvalue weighted by atomic mass is 31.2. The summed E-state index contributed by atoms with van der Waals surface area (Å²) in [7, 11) is -3.91. The zero-order chi connectivity index (χ0) is 21.0. The second-order valence-corrected chi connectivity index (χ2v) is 8.82. The maximum absolute atomic E-state index is 15.9. The number of nitrogens with zero attached hydrogens (tertiary/aromatic N) is 4. The molecule has 0 aliphatic carbocycles. The zero-order valence-corrected chi connectivity index (χ0v) is 17.3. The lowest BCUT2D eigenvalue weighted by Crippen LogP contribution is -2.45. The second-order valence-electron chi connectivity index (χ2n) is 7.25. The molecule has 11 nitrogen and oxygen atoms in total. The molecule has 4 heterocycles. The number of imidazole rings is 1. The van der Waals surface area contributed by atoms with Crippen LogP contribution in [0.15, 0.2) is 6.33 Å². The number of phosphoric acid groups is 1. The van der Waals surface area contributed by atoms with Crippen molar-refractivity contribution in [1.82, 2.24) is 19.5 Å². The van der Waals surface area contributed by atoms with Crippen molar-refractivity contribution in [2.45, 2.75) is 57.9 Å². The summed E-state index contributed by atoms with van der Waals surface area (Å²) in [5.74, 6) is 0.146. The Morgan fingerprint density at radius 3 is 2.93 bits per heavy atom. The highest BCUT2D eigenvalue weighted by Gasteiger charge is 2.61. The molecule has 2 unspecified atom stereocenters. The van der Waals surface area contributed by atoms with E-state index in [4.69, 9.17) is 28.8 Å². The molecule has 0 radical (unpaired) electrons. The lowest BCUT2D eigenvalue weighted by atomic mass is 9.98. The maximum Gasteiger partial charge on any atom is 0.475 e. The lowest BCUT2D eigenvalue weighted by Gasteiger charge is -2.34. The molecular weight excluding hydrogens is 408 g/mol. The van der Waals surface area contributed by atoms with E-state index < -0.39 is 38.0 Å². The van der Waals surface area contributed by atoms with Crippen LogP contribution in [0.1, 0.15) is 33.9 Å². The fraction of sp³-hybridized carbons (Fsp3) is 0.688. The van der Waals surface area contributed by atoms with Crippen molar-refractivity contribution in [3.8, 4) is 5.88 Å². The third-order valence-corrected chi connectivity index (χ3v) is 6.23. The van der Waals surface area contributed by atoms with Crippen molar-refractivity contribution in [3.05, 3.63) is 6.33 Å². The van der Waals surface area contributed by atoms with Crippen molar-refractivity contribution in [2.24, 2.45) is 0 Å². The van der Waals surface area contributed by atoms with E-state index in [9.17, 15) is 4.57 Å². The van der Waals surface area contributed by atoms with Gasteiger partial charge in [-0.1, -0.05) is 0 Å². The van der Waals surface area contributed by atoms with Crippen LogP contribution in [0.25, 0.3) is 11.2 Å². The standard InChI is InChI=1S/C16H23FN5O6P/c1-5-24-13-10-12(20-15(18)21-13)22(7-19-10)14-16(4,17)11-9(26-14)6-25-29(23,28-11)27-8(2)3/h7-9,11,14H,5-6H2,1-4H3,(H2,18,20,21)/t9-,11+,14-,16?,29?/m1/s1. The van der Waals surface area contributed by atoms with Gasteiger partial charge in [0.25, 0.3) is 0 Å². The third kappa shape index (κ3) is 3.49. The first kappa shape index (κ1) is 20.4. The number of anilines is 1. The van der Waals surface area contributed by atoms with Crippen molar-refractivity contribution < 1.29 is 32.0 Å². The average Bonchev–Trinajstić information content (AvgIpc) is 3.13. The molecule has 0 amide bonds. The average molecular weight is 431 g/mol. The van der Waals surface area contributed by atoms with Crippen LogP contribution in [0.2, 0.25) is 0 Å². The van der Waals surface area contributed by atoms with Crippen molar-refractivity contribution in [3.63, 3.8) is 0 Å². The number of aromatic nitrogens is 4. The maximum atomic E-state index is 15.9. The molecule has 2 saturated heterocycles. The van der Waals surface area contributed by atoms with Crippen molar-refractivity contribution in [2.75, 3.05) is 18.9 Å². The topological polar surface area (TPSA) is 133 Å². The molecule has 2 aliphatic heterocycles. The highest BCUT2D eigenvalue weighted by Crippen LogP contribution is 2.60. The summed E-state index contributed by atoms with van der Waals surface area (Å²) in [6.45, 7) is 6.66. The fourth-order valence-corrected chi connectivity index (χ4v) is 5.11. The van der Waals surface area contributed by atoms with Crippen LogP contribution in [0.5, 0.6) is 5.88 Å². The summed E-state index contributed by atoms with van der Waals surface area (Å²) >= 11 is 0. The van der Waals surface area contributed by atoms with Gasteiger partial charge in [-0.2, -0.15) is 9.97 Å². The van der Waals surface area contributed by atoms with Gasteiger partial charge >= 0.3 is 7.82 Å². The molecular formula is C16H23FN5O6P. The molecule has 0 spiro atoms. The van der Waals surface area contributed by atoms with Gasteiger partial charge in [-0.15, -0.1) is 0 Å². The van der Waals surface area contributed by atoms with E-state index in [1.165, 1.54) is 17.8 Å². The van der Waals surface area contributed by atoms with E-state index in [0.717, 1.165) is 0 Å². The Labute approximate surface area is 166 Å². The predicted molar refractivity (Wildman–Crippen MR) is 99.0 cm³/mol. The first-order chi connectivity index (χ1) is 13.6. The Balaban J connectivity index is 1.70. The number of alkyl halides is 1. The van der Waals surface area contributed by atoms with Crippen LogP contribution >= 0.6 is 7.82 Å². The molecule has 2 N–H and O–H groups in total. The minimum Gasteiger partial charge on any atom is -0.476 e. The normalized spacial score (nSPS) is 34.6. The zero-order valence-electron chi connectivity index (χ0n) is 16.4. The molecule has 29 heavy (non-hydrogen) atoms. The first-order valence-corrected chi connectivity index (χ1v) is 10.7. The Morgan fingerprint density at radius 1 is 1.48 bits per heavy atom. The van der Waals surface area contributed by atoms with Gasteiger partial charge in [0.05, 0.1) is 25.6 Å². The molecule has 5 atom stereocenters. The van der Waals surface area contributed by atoms with E-state index in [0.29, 0.717) is 12.1 Å². The summed E-state index contributed by atoms with van der Waals surface area (Å²) in [6, 6.07) is 0. The number of hydrogen-bond acceptors (Lipinski definition) is 10. The molecule has 0 aromatic carbocycles. The lowest BCUT2D eigenvalue weighted by molar-refractivity contribution is -0.0733. The number of halogens is 1. The molecule has 0 bridgehead atoms. The molecule has 160 valence electrons. The van der Waals surface area contributed by atoms with Gasteiger partial charge < -0.3 is 15.2 Å². The molecule has 4 rings (SSSR count). The summed E-state index contributed by atoms with van der Waals surface area (Å²) in [5.41, 5.74) is 4.25. The number of hydrogen-bond donors (Lipinski definition) is 1. The van der Waals surface area contributed by atoms with E-state index in [1.54, 1.807) is 20.8 Å². The number of fused-ring (bicyclic) bond motifs is 2. The smallest absolute Gasteiger partial charge is 0.475 e. The van der Waals surface area contributed by atoms with Gasteiger partial charge in [-0.05, 0) is 27.7 Å². The van der Waals surface area contributed by atoms with Gasteiger partial charge in [-0.25, -0.2) is 13.9 Å². The number of rotatable bonds is 5. The third-order valence-electron chi connectivity index (χ3n) is 4.60. The van der Waals surface area contributed by atoms with Gasteiger partial charge in [0.1, 0.15) is 12.2 Å². The van der Waals surface area contributed by atoms with Crippen LogP contribution in [0, 0.1) is 0 Å². The number of ether oxygens (including phenoxy) is 2. The number of phosphoric ester groups is 1. The SMILES string of the molecule is CCOc1nc(N)nc2c1ncn2[C@@H]1O[C@@H]2COP(=O)(OC(C)C)O[C@@H]2C1(C)F. The Hall–Kier alpha value is -1.85. The van der Waals surface area contributed by atoms with E-state index in [2.05, 4.69) is 15.0 Å². The Morgan fingerprint density at radius 2 is 2.24 bits per heavy atom. The molecule has 2 aromatic heterocycles. The molecule has 2 fully saturated rings. The monoisotopic (exact) mass is 431 g/mol. The summed E-state index contributed by atoms with van der Waals surface area (Å²) < 4.78 is 57.2. The van der Waals surface area contributed by atoms with Gasteiger partial charge in [0.2, 0.25) is 11.8 Å². The Bertz CT molecular complexity index is 969. The van der Waals surface area contributed by atoms with Crippen molar-refractivity contribution >= 4 is 24.9 Å². The molecule has 0 saturated carbocycles. The number of nitrogens with two attached hydrogens (primary N) is 1. The van der Waals surface area contributed by atoms with Gasteiger partial charge in [0, 0.05) is 0 Å². The molecule has 13 heteroatoms.